The molecule has 6 nitrogen and oxygen atoms in total. The Morgan fingerprint density at radius 3 is 2.30 bits per heavy atom. The van der Waals surface area contributed by atoms with E-state index >= 15 is 0 Å². The highest BCUT2D eigenvalue weighted by atomic mass is 32.2. The number of rotatable bonds is 6. The first kappa shape index (κ1) is 20.6. The lowest BCUT2D eigenvalue weighted by molar-refractivity contribution is -0.121. The van der Waals surface area contributed by atoms with E-state index in [0.29, 0.717) is 5.69 Å². The van der Waals surface area contributed by atoms with Crippen molar-refractivity contribution in [3.8, 4) is 0 Å². The van der Waals surface area contributed by atoms with Crippen LogP contribution in [-0.2, 0) is 14.8 Å². The average molecular weight is 388 g/mol. The molecular weight excluding hydrogens is 362 g/mol. The third-order valence-corrected chi connectivity index (χ3v) is 5.82. The standard InChI is InChI=1S/C20H25N3O3S/c1-14-11-12-18(16(3)15(14)2)13-21-22-20(24)17(4)23(27(5,25)26)19-9-7-6-8-10-19/h6-13,17H,1-5H3,(H,22,24)/b21-13-/t17-/m1/s1. The quantitative estimate of drug-likeness (QED) is 0.611. The highest BCUT2D eigenvalue weighted by molar-refractivity contribution is 7.92. The first-order valence-electron chi connectivity index (χ1n) is 8.57. The average Bonchev–Trinajstić information content (AvgIpc) is 2.61. The lowest BCUT2D eigenvalue weighted by Crippen LogP contribution is -2.46. The third kappa shape index (κ3) is 4.95. The summed E-state index contributed by atoms with van der Waals surface area (Å²) in [4.78, 5) is 12.5. The van der Waals surface area contributed by atoms with E-state index in [4.69, 9.17) is 0 Å². The Morgan fingerprint density at radius 1 is 1.07 bits per heavy atom. The van der Waals surface area contributed by atoms with E-state index in [0.717, 1.165) is 21.7 Å². The molecule has 0 aliphatic rings. The molecule has 2 aromatic rings. The monoisotopic (exact) mass is 387 g/mol. The van der Waals surface area contributed by atoms with E-state index in [2.05, 4.69) is 10.5 Å². The van der Waals surface area contributed by atoms with Crippen LogP contribution in [0.15, 0.2) is 47.6 Å². The second kappa shape index (κ2) is 8.35. The molecule has 0 aliphatic heterocycles. The minimum atomic E-state index is -3.64. The summed E-state index contributed by atoms with van der Waals surface area (Å²) in [7, 11) is -3.64. The lowest BCUT2D eigenvalue weighted by atomic mass is 10.00. The van der Waals surface area contributed by atoms with Crippen LogP contribution in [0.3, 0.4) is 0 Å². The van der Waals surface area contributed by atoms with Crippen molar-refractivity contribution in [3.05, 3.63) is 64.7 Å². The lowest BCUT2D eigenvalue weighted by Gasteiger charge is -2.27. The maximum Gasteiger partial charge on any atom is 0.263 e. The zero-order valence-corrected chi connectivity index (χ0v) is 17.0. The van der Waals surface area contributed by atoms with Gasteiger partial charge in [-0.3, -0.25) is 9.10 Å². The molecule has 1 amide bonds. The number of anilines is 1. The summed E-state index contributed by atoms with van der Waals surface area (Å²) < 4.78 is 25.5. The van der Waals surface area contributed by atoms with E-state index in [1.807, 2.05) is 32.9 Å². The fourth-order valence-electron chi connectivity index (χ4n) is 2.76. The van der Waals surface area contributed by atoms with Gasteiger partial charge in [-0.2, -0.15) is 5.10 Å². The van der Waals surface area contributed by atoms with E-state index < -0.39 is 22.0 Å². The molecule has 0 spiro atoms. The Balaban J connectivity index is 2.18. The fourth-order valence-corrected chi connectivity index (χ4v) is 3.93. The molecule has 0 radical (unpaired) electrons. The molecule has 0 unspecified atom stereocenters. The second-order valence-corrected chi connectivity index (χ2v) is 8.39. The van der Waals surface area contributed by atoms with Gasteiger partial charge in [0.05, 0.1) is 18.2 Å². The Labute approximate surface area is 161 Å². The summed E-state index contributed by atoms with van der Waals surface area (Å²) in [6, 6.07) is 11.5. The van der Waals surface area contributed by atoms with Gasteiger partial charge in [0, 0.05) is 0 Å². The van der Waals surface area contributed by atoms with Gasteiger partial charge in [0.15, 0.2) is 0 Å². The van der Waals surface area contributed by atoms with Gasteiger partial charge in [-0.05, 0) is 62.1 Å². The molecule has 0 fully saturated rings. The van der Waals surface area contributed by atoms with Crippen LogP contribution in [0, 0.1) is 20.8 Å². The largest absolute Gasteiger partial charge is 0.271 e. The van der Waals surface area contributed by atoms with Crippen LogP contribution >= 0.6 is 0 Å². The van der Waals surface area contributed by atoms with Gasteiger partial charge in [-0.15, -0.1) is 0 Å². The number of hydrazone groups is 1. The van der Waals surface area contributed by atoms with Crippen LogP contribution in [0.4, 0.5) is 5.69 Å². The molecule has 0 saturated heterocycles. The molecule has 0 aliphatic carbocycles. The van der Waals surface area contributed by atoms with Crippen molar-refractivity contribution in [1.82, 2.24) is 5.43 Å². The van der Waals surface area contributed by atoms with E-state index in [1.165, 1.54) is 18.1 Å². The number of nitrogens with one attached hydrogen (secondary N) is 1. The number of carbonyl (C=O) groups is 1. The van der Waals surface area contributed by atoms with E-state index in [-0.39, 0.29) is 0 Å². The number of benzene rings is 2. The molecule has 2 aromatic carbocycles. The number of nitrogens with zero attached hydrogens (tertiary/aromatic N) is 2. The molecule has 27 heavy (non-hydrogen) atoms. The van der Waals surface area contributed by atoms with Crippen molar-refractivity contribution in [1.29, 1.82) is 0 Å². The molecule has 0 aromatic heterocycles. The van der Waals surface area contributed by atoms with Crippen molar-refractivity contribution in [2.75, 3.05) is 10.6 Å². The van der Waals surface area contributed by atoms with E-state index in [9.17, 15) is 13.2 Å². The molecule has 144 valence electrons. The smallest absolute Gasteiger partial charge is 0.263 e. The number of hydrogen-bond donors (Lipinski definition) is 1. The van der Waals surface area contributed by atoms with Crippen LogP contribution < -0.4 is 9.73 Å². The number of carbonyl (C=O) groups excluding carboxylic acids is 1. The molecule has 0 heterocycles. The van der Waals surface area contributed by atoms with Gasteiger partial charge < -0.3 is 0 Å². The van der Waals surface area contributed by atoms with Gasteiger partial charge in [0.2, 0.25) is 10.0 Å². The van der Waals surface area contributed by atoms with Gasteiger partial charge >= 0.3 is 0 Å². The minimum absolute atomic E-state index is 0.427. The summed E-state index contributed by atoms with van der Waals surface area (Å²) >= 11 is 0. The molecular formula is C20H25N3O3S. The Morgan fingerprint density at radius 2 is 1.70 bits per heavy atom. The number of amides is 1. The van der Waals surface area contributed by atoms with Crippen LogP contribution in [-0.4, -0.2) is 32.8 Å². The van der Waals surface area contributed by atoms with Crippen molar-refractivity contribution in [2.24, 2.45) is 5.10 Å². The topological polar surface area (TPSA) is 78.8 Å². The molecule has 7 heteroatoms. The Bertz CT molecular complexity index is 954. The van der Waals surface area contributed by atoms with Crippen molar-refractivity contribution >= 4 is 27.8 Å². The number of hydrogen-bond acceptors (Lipinski definition) is 4. The molecule has 1 atom stereocenters. The minimum Gasteiger partial charge on any atom is -0.271 e. The Hall–Kier alpha value is -2.67. The molecule has 0 bridgehead atoms. The second-order valence-electron chi connectivity index (χ2n) is 6.53. The van der Waals surface area contributed by atoms with Crippen LogP contribution in [0.1, 0.15) is 29.2 Å². The summed E-state index contributed by atoms with van der Waals surface area (Å²) in [5.41, 5.74) is 7.21. The highest BCUT2D eigenvalue weighted by Crippen LogP contribution is 2.20. The normalized spacial score (nSPS) is 12.8. The zero-order chi connectivity index (χ0) is 20.2. The van der Waals surface area contributed by atoms with Gasteiger partial charge in [-0.25, -0.2) is 13.8 Å². The van der Waals surface area contributed by atoms with Crippen molar-refractivity contribution < 1.29 is 13.2 Å². The zero-order valence-electron chi connectivity index (χ0n) is 16.2. The maximum absolute atomic E-state index is 12.5. The molecule has 1 N–H and O–H groups in total. The molecule has 2 rings (SSSR count). The summed E-state index contributed by atoms with van der Waals surface area (Å²) in [6.07, 6.45) is 2.64. The summed E-state index contributed by atoms with van der Waals surface area (Å²) in [5.74, 6) is -0.512. The van der Waals surface area contributed by atoms with Gasteiger partial charge in [0.1, 0.15) is 6.04 Å². The Kier molecular flexibility index (Phi) is 6.38. The predicted octanol–water partition coefficient (Wildman–Crippen LogP) is 2.92. The fraction of sp³-hybridized carbons (Fsp3) is 0.300. The highest BCUT2D eigenvalue weighted by Gasteiger charge is 2.28. The van der Waals surface area contributed by atoms with E-state index in [1.54, 1.807) is 36.5 Å². The number of para-hydroxylation sites is 1. The van der Waals surface area contributed by atoms with Crippen LogP contribution in [0.2, 0.25) is 0 Å². The van der Waals surface area contributed by atoms with Crippen LogP contribution in [0.5, 0.6) is 0 Å². The first-order chi connectivity index (χ1) is 12.6. The number of aryl methyl sites for hydroxylation is 1. The third-order valence-electron chi connectivity index (χ3n) is 4.58. The summed E-state index contributed by atoms with van der Waals surface area (Å²) in [6.45, 7) is 7.59. The van der Waals surface area contributed by atoms with Crippen molar-refractivity contribution in [2.45, 2.75) is 33.7 Å². The summed E-state index contributed by atoms with van der Waals surface area (Å²) in [5, 5.41) is 4.01. The number of sulfonamides is 1. The SMILES string of the molecule is Cc1ccc(/C=N\NC(=O)[C@@H](C)N(c2ccccc2)S(C)(=O)=O)c(C)c1C. The van der Waals surface area contributed by atoms with Crippen molar-refractivity contribution in [3.63, 3.8) is 0 Å². The first-order valence-corrected chi connectivity index (χ1v) is 10.4. The van der Waals surface area contributed by atoms with Gasteiger partial charge in [0.25, 0.3) is 5.91 Å². The predicted molar refractivity (Wildman–Crippen MR) is 110 cm³/mol. The van der Waals surface area contributed by atoms with Crippen LogP contribution in [0.25, 0.3) is 0 Å². The maximum atomic E-state index is 12.5. The van der Waals surface area contributed by atoms with Gasteiger partial charge in [-0.1, -0.05) is 30.3 Å². The molecule has 0 saturated carbocycles.